The number of aromatic amines is 1. The van der Waals surface area contributed by atoms with Gasteiger partial charge in [0.15, 0.2) is 11.8 Å². The molecule has 1 saturated heterocycles. The lowest BCUT2D eigenvalue weighted by Crippen LogP contribution is -2.40. The zero-order valence-corrected chi connectivity index (χ0v) is 14.7. The van der Waals surface area contributed by atoms with Crippen molar-refractivity contribution < 1.29 is 0 Å². The first-order valence-electron chi connectivity index (χ1n) is 7.32. The van der Waals surface area contributed by atoms with Crippen LogP contribution in [0, 0.1) is 0 Å². The van der Waals surface area contributed by atoms with E-state index in [2.05, 4.69) is 31.1 Å². The number of nitrogens with two attached hydrogens (primary N) is 1. The topological polar surface area (TPSA) is 83.2 Å². The number of piperidine rings is 1. The normalized spacial score (nSPS) is 15.5. The second-order valence-electron chi connectivity index (χ2n) is 5.26. The van der Waals surface area contributed by atoms with E-state index in [0.717, 1.165) is 30.0 Å². The molecule has 7 heteroatoms. The fourth-order valence-corrected chi connectivity index (χ4v) is 2.56. The third-order valence-corrected chi connectivity index (χ3v) is 3.72. The molecule has 2 aromatic rings. The third kappa shape index (κ3) is 4.19. The Labute approximate surface area is 147 Å². The zero-order chi connectivity index (χ0) is 14.5. The van der Waals surface area contributed by atoms with Gasteiger partial charge in [0.25, 0.3) is 0 Å². The third-order valence-electron chi connectivity index (χ3n) is 3.72. The van der Waals surface area contributed by atoms with Crippen LogP contribution in [0.1, 0.15) is 24.8 Å². The molecular weight excluding hydrogens is 391 g/mol. The molecule has 3 rings (SSSR count). The summed E-state index contributed by atoms with van der Waals surface area (Å²) in [4.78, 5) is 10.8. The van der Waals surface area contributed by atoms with Gasteiger partial charge in [-0.1, -0.05) is 18.2 Å². The first-order chi connectivity index (χ1) is 10.3. The van der Waals surface area contributed by atoms with Crippen LogP contribution in [0.25, 0.3) is 11.4 Å². The number of halogens is 1. The fourth-order valence-electron chi connectivity index (χ4n) is 2.56. The number of aliphatic imine (C=N–C) groups is 1. The average Bonchev–Trinajstić information content (AvgIpc) is 3.08. The Balaban J connectivity index is 0.00000176. The van der Waals surface area contributed by atoms with E-state index in [4.69, 9.17) is 5.73 Å². The molecular formula is C15H21IN6. The van der Waals surface area contributed by atoms with E-state index in [1.54, 1.807) is 0 Å². The second-order valence-corrected chi connectivity index (χ2v) is 5.26. The van der Waals surface area contributed by atoms with Crippen molar-refractivity contribution in [2.75, 3.05) is 13.1 Å². The van der Waals surface area contributed by atoms with Crippen molar-refractivity contribution in [1.29, 1.82) is 0 Å². The fraction of sp³-hybridized carbons (Fsp3) is 0.400. The number of rotatable bonds is 3. The number of guanidine groups is 1. The number of nitrogens with zero attached hydrogens (tertiary/aromatic N) is 4. The number of nitrogens with one attached hydrogen (secondary N) is 1. The Kier molecular flexibility index (Phi) is 6.17. The van der Waals surface area contributed by atoms with Crippen molar-refractivity contribution in [3.8, 4) is 11.4 Å². The highest BCUT2D eigenvalue weighted by atomic mass is 127. The summed E-state index contributed by atoms with van der Waals surface area (Å²) in [6, 6.07) is 8.11. The van der Waals surface area contributed by atoms with Crippen LogP contribution in [-0.4, -0.2) is 39.1 Å². The van der Waals surface area contributed by atoms with Crippen LogP contribution in [0.3, 0.4) is 0 Å². The van der Waals surface area contributed by atoms with Gasteiger partial charge in [-0.25, -0.2) is 9.98 Å². The van der Waals surface area contributed by atoms with Gasteiger partial charge in [-0.3, -0.25) is 5.10 Å². The van der Waals surface area contributed by atoms with Gasteiger partial charge in [0, 0.05) is 18.7 Å². The molecule has 1 aliphatic rings. The number of benzene rings is 1. The Morgan fingerprint density at radius 1 is 1.27 bits per heavy atom. The van der Waals surface area contributed by atoms with E-state index in [0.29, 0.717) is 12.5 Å². The van der Waals surface area contributed by atoms with Gasteiger partial charge in [0.2, 0.25) is 0 Å². The van der Waals surface area contributed by atoms with Crippen molar-refractivity contribution >= 4 is 29.9 Å². The minimum absolute atomic E-state index is 0. The van der Waals surface area contributed by atoms with Crippen LogP contribution in [0.2, 0.25) is 0 Å². The van der Waals surface area contributed by atoms with Crippen LogP contribution < -0.4 is 5.73 Å². The molecule has 0 saturated carbocycles. The first-order valence-corrected chi connectivity index (χ1v) is 7.32. The quantitative estimate of drug-likeness (QED) is 0.461. The summed E-state index contributed by atoms with van der Waals surface area (Å²) in [5, 5.41) is 6.74. The van der Waals surface area contributed by atoms with Crippen LogP contribution in [0.5, 0.6) is 0 Å². The average molecular weight is 412 g/mol. The summed E-state index contributed by atoms with van der Waals surface area (Å²) in [5.41, 5.74) is 8.20. The minimum Gasteiger partial charge on any atom is -0.370 e. The highest BCUT2D eigenvalue weighted by molar-refractivity contribution is 14.0. The second kappa shape index (κ2) is 8.11. The van der Waals surface area contributed by atoms with Crippen molar-refractivity contribution in [3.63, 3.8) is 0 Å². The molecule has 1 aromatic carbocycles. The molecule has 1 aromatic heterocycles. The summed E-state index contributed by atoms with van der Waals surface area (Å²) in [6.45, 7) is 2.63. The Bertz CT molecular complexity index is 604. The highest BCUT2D eigenvalue weighted by Crippen LogP contribution is 2.16. The van der Waals surface area contributed by atoms with Crippen molar-refractivity contribution in [2.24, 2.45) is 10.7 Å². The van der Waals surface area contributed by atoms with Gasteiger partial charge in [0.1, 0.15) is 6.33 Å². The molecule has 118 valence electrons. The maximum Gasteiger partial charge on any atom is 0.191 e. The van der Waals surface area contributed by atoms with Gasteiger partial charge in [-0.15, -0.1) is 24.0 Å². The van der Waals surface area contributed by atoms with E-state index < -0.39 is 0 Å². The molecule has 1 fully saturated rings. The Morgan fingerprint density at radius 2 is 2.09 bits per heavy atom. The van der Waals surface area contributed by atoms with Crippen molar-refractivity contribution in [1.82, 2.24) is 20.1 Å². The molecule has 0 spiro atoms. The molecule has 1 aliphatic heterocycles. The summed E-state index contributed by atoms with van der Waals surface area (Å²) < 4.78 is 0. The number of H-pyrrole nitrogens is 1. The Hall–Kier alpha value is -1.64. The van der Waals surface area contributed by atoms with Crippen LogP contribution >= 0.6 is 24.0 Å². The predicted octanol–water partition coefficient (Wildman–Crippen LogP) is 2.39. The van der Waals surface area contributed by atoms with Gasteiger partial charge in [-0.2, -0.15) is 5.10 Å². The summed E-state index contributed by atoms with van der Waals surface area (Å²) in [7, 11) is 0. The molecule has 22 heavy (non-hydrogen) atoms. The van der Waals surface area contributed by atoms with Gasteiger partial charge in [0.05, 0.1) is 6.54 Å². The SMILES string of the molecule is I.NC(=NCc1cccc(-c2ncn[nH]2)c1)N1CCCCC1. The van der Waals surface area contributed by atoms with Crippen molar-refractivity contribution in [2.45, 2.75) is 25.8 Å². The lowest BCUT2D eigenvalue weighted by molar-refractivity contribution is 0.338. The molecule has 6 nitrogen and oxygen atoms in total. The van der Waals surface area contributed by atoms with E-state index >= 15 is 0 Å². The maximum atomic E-state index is 6.08. The largest absolute Gasteiger partial charge is 0.370 e. The standard InChI is InChI=1S/C15H20N6.HI/c16-15(21-7-2-1-3-8-21)17-10-12-5-4-6-13(9-12)14-18-11-19-20-14;/h4-6,9,11H,1-3,7-8,10H2,(H2,16,17)(H,18,19,20);1H. The predicted molar refractivity (Wildman–Crippen MR) is 98.0 cm³/mol. The van der Waals surface area contributed by atoms with Gasteiger partial charge in [-0.05, 0) is 30.9 Å². The first kappa shape index (κ1) is 16.7. The van der Waals surface area contributed by atoms with E-state index in [1.165, 1.54) is 25.6 Å². The molecule has 0 aliphatic carbocycles. The lowest BCUT2D eigenvalue weighted by Gasteiger charge is -2.27. The monoisotopic (exact) mass is 412 g/mol. The van der Waals surface area contributed by atoms with Crippen LogP contribution in [0.15, 0.2) is 35.6 Å². The van der Waals surface area contributed by atoms with E-state index in [9.17, 15) is 0 Å². The number of hydrogen-bond donors (Lipinski definition) is 2. The van der Waals surface area contributed by atoms with Crippen LogP contribution in [-0.2, 0) is 6.54 Å². The summed E-state index contributed by atoms with van der Waals surface area (Å²) in [5.74, 6) is 1.42. The molecule has 3 N–H and O–H groups in total. The van der Waals surface area contributed by atoms with E-state index in [-0.39, 0.29) is 24.0 Å². The molecule has 2 heterocycles. The number of aromatic nitrogens is 3. The molecule has 0 radical (unpaired) electrons. The van der Waals surface area contributed by atoms with Crippen LogP contribution in [0.4, 0.5) is 0 Å². The molecule has 0 atom stereocenters. The van der Waals surface area contributed by atoms with Gasteiger partial charge < -0.3 is 10.6 Å². The summed E-state index contributed by atoms with van der Waals surface area (Å²) in [6.07, 6.45) is 5.21. The number of likely N-dealkylation sites (tertiary alicyclic amines) is 1. The Morgan fingerprint density at radius 3 is 2.82 bits per heavy atom. The zero-order valence-electron chi connectivity index (χ0n) is 12.4. The highest BCUT2D eigenvalue weighted by Gasteiger charge is 2.11. The van der Waals surface area contributed by atoms with E-state index in [1.807, 2.05) is 18.2 Å². The molecule has 0 amide bonds. The minimum atomic E-state index is 0. The molecule has 0 bridgehead atoms. The smallest absolute Gasteiger partial charge is 0.191 e. The number of hydrogen-bond acceptors (Lipinski definition) is 3. The van der Waals surface area contributed by atoms with Gasteiger partial charge >= 0.3 is 0 Å². The molecule has 0 unspecified atom stereocenters. The maximum absolute atomic E-state index is 6.08. The summed E-state index contributed by atoms with van der Waals surface area (Å²) >= 11 is 0. The lowest BCUT2D eigenvalue weighted by atomic mass is 10.1. The van der Waals surface area contributed by atoms with Crippen molar-refractivity contribution in [3.05, 3.63) is 36.2 Å².